The first kappa shape index (κ1) is 27.5. The van der Waals surface area contributed by atoms with Crippen LogP contribution >= 0.6 is 0 Å². The summed E-state index contributed by atoms with van der Waals surface area (Å²) in [6.45, 7) is 1.50. The van der Waals surface area contributed by atoms with Crippen molar-refractivity contribution in [2.75, 3.05) is 13.2 Å². The normalized spacial score (nSPS) is 9.54. The number of rotatable bonds is 12. The van der Waals surface area contributed by atoms with E-state index in [1.54, 1.807) is 0 Å². The highest BCUT2D eigenvalue weighted by Crippen LogP contribution is 2.10. The molecule has 0 radical (unpaired) electrons. The Morgan fingerprint density at radius 3 is 1.33 bits per heavy atom. The zero-order valence-electron chi connectivity index (χ0n) is 14.6. The molecule has 0 saturated heterocycles. The van der Waals surface area contributed by atoms with E-state index in [1.807, 2.05) is 0 Å². The summed E-state index contributed by atoms with van der Waals surface area (Å²) in [6, 6.07) is 0. The van der Waals surface area contributed by atoms with Gasteiger partial charge < -0.3 is 30.6 Å². The second-order valence-corrected chi connectivity index (χ2v) is 5.27. The first-order valence-corrected chi connectivity index (χ1v) is 8.35. The van der Waals surface area contributed by atoms with Crippen LogP contribution in [0.1, 0.15) is 71.1 Å². The molecular formula is C16H34O8. The van der Waals surface area contributed by atoms with Crippen LogP contribution in [0.2, 0.25) is 0 Å². The highest BCUT2D eigenvalue weighted by atomic mass is 16.6. The molecule has 0 rings (SSSR count). The molecule has 6 N–H and O–H groups in total. The molecule has 0 unspecified atom stereocenters. The Morgan fingerprint density at radius 2 is 1.08 bits per heavy atom. The first-order chi connectivity index (χ1) is 11.3. The fraction of sp³-hybridized carbons (Fsp3) is 0.875. The first-order valence-electron chi connectivity index (χ1n) is 8.35. The Labute approximate surface area is 143 Å². The van der Waals surface area contributed by atoms with E-state index in [0.717, 1.165) is 12.8 Å². The van der Waals surface area contributed by atoms with Crippen LogP contribution in [-0.4, -0.2) is 62.1 Å². The summed E-state index contributed by atoms with van der Waals surface area (Å²) in [6.07, 6.45) is 8.69. The van der Waals surface area contributed by atoms with E-state index >= 15 is 0 Å². The highest BCUT2D eigenvalue weighted by Gasteiger charge is 1.96. The lowest BCUT2D eigenvalue weighted by Crippen LogP contribution is -2.15. The van der Waals surface area contributed by atoms with Crippen molar-refractivity contribution in [1.29, 1.82) is 0 Å². The molecule has 0 fully saturated rings. The summed E-state index contributed by atoms with van der Waals surface area (Å²) in [7, 11) is 0. The molecule has 0 aromatic carbocycles. The van der Waals surface area contributed by atoms with Crippen molar-refractivity contribution in [2.24, 2.45) is 0 Å². The third-order valence-electron chi connectivity index (χ3n) is 2.92. The van der Waals surface area contributed by atoms with Crippen LogP contribution in [0.5, 0.6) is 0 Å². The van der Waals surface area contributed by atoms with Gasteiger partial charge in [-0.3, -0.25) is 4.79 Å². The molecule has 24 heavy (non-hydrogen) atoms. The van der Waals surface area contributed by atoms with Gasteiger partial charge in [-0.1, -0.05) is 58.3 Å². The number of hydrogen-bond donors (Lipinski definition) is 6. The SMILES string of the molecule is CCCCCCCCCCCC(=O)O.O=C(O)O.OCC(O)CO. The predicted octanol–water partition coefficient (Wildman–Crippen LogP) is 2.55. The van der Waals surface area contributed by atoms with Crippen LogP contribution in [0.3, 0.4) is 0 Å². The van der Waals surface area contributed by atoms with Gasteiger partial charge in [0, 0.05) is 6.42 Å². The van der Waals surface area contributed by atoms with Crippen molar-refractivity contribution in [1.82, 2.24) is 0 Å². The molecule has 0 bridgehead atoms. The van der Waals surface area contributed by atoms with Crippen molar-refractivity contribution in [3.8, 4) is 0 Å². The van der Waals surface area contributed by atoms with Gasteiger partial charge in [-0.15, -0.1) is 0 Å². The number of carbonyl (C=O) groups is 2. The monoisotopic (exact) mass is 354 g/mol. The molecule has 8 nitrogen and oxygen atoms in total. The maximum absolute atomic E-state index is 10.2. The van der Waals surface area contributed by atoms with Crippen molar-refractivity contribution in [3.05, 3.63) is 0 Å². The van der Waals surface area contributed by atoms with Crippen molar-refractivity contribution >= 4 is 12.1 Å². The Bertz CT molecular complexity index is 263. The largest absolute Gasteiger partial charge is 0.503 e. The highest BCUT2D eigenvalue weighted by molar-refractivity contribution is 5.66. The van der Waals surface area contributed by atoms with Crippen LogP contribution in [0, 0.1) is 0 Å². The third kappa shape index (κ3) is 42.8. The minimum atomic E-state index is -1.83. The number of aliphatic hydroxyl groups is 3. The number of aliphatic hydroxyl groups excluding tert-OH is 3. The summed E-state index contributed by atoms with van der Waals surface area (Å²) < 4.78 is 0. The summed E-state index contributed by atoms with van der Waals surface area (Å²) in [5.74, 6) is -0.659. The number of hydrogen-bond acceptors (Lipinski definition) is 5. The van der Waals surface area contributed by atoms with E-state index in [2.05, 4.69) is 6.92 Å². The molecule has 0 aromatic heterocycles. The lowest BCUT2D eigenvalue weighted by molar-refractivity contribution is -0.137. The van der Waals surface area contributed by atoms with E-state index in [9.17, 15) is 4.79 Å². The van der Waals surface area contributed by atoms with Gasteiger partial charge in [0.2, 0.25) is 0 Å². The number of unbranched alkanes of at least 4 members (excludes halogenated alkanes) is 8. The van der Waals surface area contributed by atoms with Gasteiger partial charge in [0.1, 0.15) is 6.10 Å². The molecule has 0 heterocycles. The van der Waals surface area contributed by atoms with Crippen molar-refractivity contribution in [2.45, 2.75) is 77.2 Å². The van der Waals surface area contributed by atoms with Gasteiger partial charge in [0.15, 0.2) is 0 Å². The Hall–Kier alpha value is -1.38. The molecular weight excluding hydrogens is 320 g/mol. The molecule has 0 aromatic rings. The van der Waals surface area contributed by atoms with Crippen molar-refractivity contribution in [3.63, 3.8) is 0 Å². The van der Waals surface area contributed by atoms with Gasteiger partial charge in [0.05, 0.1) is 13.2 Å². The molecule has 0 amide bonds. The fourth-order valence-corrected chi connectivity index (χ4v) is 1.64. The van der Waals surface area contributed by atoms with Crippen LogP contribution in [0.15, 0.2) is 0 Å². The molecule has 146 valence electrons. The van der Waals surface area contributed by atoms with E-state index in [-0.39, 0.29) is 13.2 Å². The molecule has 0 spiro atoms. The van der Waals surface area contributed by atoms with Gasteiger partial charge in [0.25, 0.3) is 0 Å². The Balaban J connectivity index is -0.000000363. The average molecular weight is 354 g/mol. The zero-order chi connectivity index (χ0) is 19.2. The topological polar surface area (TPSA) is 156 Å². The molecule has 0 aliphatic rings. The molecule has 0 atom stereocenters. The lowest BCUT2D eigenvalue weighted by Gasteiger charge is -2.00. The average Bonchev–Trinajstić information content (AvgIpc) is 2.52. The summed E-state index contributed by atoms with van der Waals surface area (Å²) in [5.41, 5.74) is 0. The maximum atomic E-state index is 10.2. The second kappa shape index (κ2) is 23.9. The quantitative estimate of drug-likeness (QED) is 0.292. The second-order valence-electron chi connectivity index (χ2n) is 5.27. The summed E-state index contributed by atoms with van der Waals surface area (Å²) in [5, 5.41) is 46.4. The number of carboxylic acids is 1. The number of aliphatic carboxylic acids is 1. The third-order valence-corrected chi connectivity index (χ3v) is 2.92. The van der Waals surface area contributed by atoms with Gasteiger partial charge in [-0.05, 0) is 6.42 Å². The maximum Gasteiger partial charge on any atom is 0.503 e. The van der Waals surface area contributed by atoms with Crippen molar-refractivity contribution < 1.29 is 40.2 Å². The number of carboxylic acid groups (broad SMARTS) is 3. The fourth-order valence-electron chi connectivity index (χ4n) is 1.64. The molecule has 0 aliphatic carbocycles. The molecule has 8 heteroatoms. The standard InChI is InChI=1S/C12H24O2.C3H8O3.CH2O3/c1-2-3-4-5-6-7-8-9-10-11-12(13)14;4-1-3(6)2-5;2-1(3)4/h2-11H2,1H3,(H,13,14);3-6H,1-2H2;(H2,2,3,4). The minimum Gasteiger partial charge on any atom is -0.481 e. The van der Waals surface area contributed by atoms with E-state index in [4.69, 9.17) is 35.4 Å². The zero-order valence-corrected chi connectivity index (χ0v) is 14.6. The Morgan fingerprint density at radius 1 is 0.750 bits per heavy atom. The van der Waals surface area contributed by atoms with Crippen LogP contribution in [0.25, 0.3) is 0 Å². The molecule has 0 aliphatic heterocycles. The predicted molar refractivity (Wildman–Crippen MR) is 90.3 cm³/mol. The van der Waals surface area contributed by atoms with Crippen LogP contribution in [-0.2, 0) is 4.79 Å². The van der Waals surface area contributed by atoms with Crippen LogP contribution in [0.4, 0.5) is 4.79 Å². The van der Waals surface area contributed by atoms with Gasteiger partial charge in [-0.25, -0.2) is 4.79 Å². The smallest absolute Gasteiger partial charge is 0.481 e. The summed E-state index contributed by atoms with van der Waals surface area (Å²) in [4.78, 5) is 18.8. The van der Waals surface area contributed by atoms with Crippen LogP contribution < -0.4 is 0 Å². The van der Waals surface area contributed by atoms with Gasteiger partial charge >= 0.3 is 12.1 Å². The summed E-state index contributed by atoms with van der Waals surface area (Å²) >= 11 is 0. The van der Waals surface area contributed by atoms with E-state index in [0.29, 0.717) is 6.42 Å². The van der Waals surface area contributed by atoms with E-state index < -0.39 is 18.2 Å². The Kier molecular flexibility index (Phi) is 27.3. The van der Waals surface area contributed by atoms with Gasteiger partial charge in [-0.2, -0.15) is 0 Å². The minimum absolute atomic E-state index is 0.343. The lowest BCUT2D eigenvalue weighted by atomic mass is 10.1. The molecule has 0 saturated carbocycles. The van der Waals surface area contributed by atoms with E-state index in [1.165, 1.54) is 44.9 Å².